The summed E-state index contributed by atoms with van der Waals surface area (Å²) in [5.41, 5.74) is 4.63. The fourth-order valence-corrected chi connectivity index (χ4v) is 9.57. The van der Waals surface area contributed by atoms with Gasteiger partial charge in [-0.15, -0.1) is 0 Å². The van der Waals surface area contributed by atoms with Crippen molar-refractivity contribution in [2.24, 2.45) is 47.3 Å². The molecule has 3 aliphatic carbocycles. The topological polar surface area (TPSA) is 200 Å². The van der Waals surface area contributed by atoms with E-state index in [0.717, 1.165) is 22.3 Å². The van der Waals surface area contributed by atoms with E-state index >= 15 is 0 Å². The van der Waals surface area contributed by atoms with Gasteiger partial charge in [0.05, 0.1) is 36.3 Å². The van der Waals surface area contributed by atoms with E-state index < -0.39 is 84.7 Å². The van der Waals surface area contributed by atoms with E-state index in [0.29, 0.717) is 36.8 Å². The lowest BCUT2D eigenvalue weighted by atomic mass is 9.65. The molecule has 1 saturated heterocycles. The van der Waals surface area contributed by atoms with Crippen molar-refractivity contribution in [3.8, 4) is 0 Å². The summed E-state index contributed by atoms with van der Waals surface area (Å²) in [6, 6.07) is 0. The molecule has 2 saturated carbocycles. The average molecular weight is 783 g/mol. The van der Waals surface area contributed by atoms with Crippen molar-refractivity contribution in [3.63, 3.8) is 0 Å². The first-order valence-corrected chi connectivity index (χ1v) is 20.2. The number of carbonyl (C=O) groups excluding carboxylic acids is 2. The van der Waals surface area contributed by atoms with Gasteiger partial charge in [0.2, 0.25) is 0 Å². The van der Waals surface area contributed by atoms with Gasteiger partial charge in [-0.25, -0.2) is 4.79 Å². The summed E-state index contributed by atoms with van der Waals surface area (Å²) in [5, 5.41) is 62.6. The number of aliphatic hydroxyl groups excluding tert-OH is 5. The van der Waals surface area contributed by atoms with Crippen molar-refractivity contribution in [1.82, 2.24) is 0 Å². The number of esters is 2. The Morgan fingerprint density at radius 2 is 1.70 bits per heavy atom. The molecule has 16 atom stereocenters. The molecule has 12 nitrogen and oxygen atoms in total. The van der Waals surface area contributed by atoms with Gasteiger partial charge >= 0.3 is 17.9 Å². The van der Waals surface area contributed by atoms with Gasteiger partial charge in [-0.1, -0.05) is 68.4 Å². The Balaban J connectivity index is 1.53. The summed E-state index contributed by atoms with van der Waals surface area (Å²) in [7, 11) is 0. The van der Waals surface area contributed by atoms with Crippen LogP contribution in [0.3, 0.4) is 0 Å². The van der Waals surface area contributed by atoms with E-state index in [1.165, 1.54) is 6.92 Å². The van der Waals surface area contributed by atoms with Crippen LogP contribution < -0.4 is 0 Å². The summed E-state index contributed by atoms with van der Waals surface area (Å²) in [4.78, 5) is 39.0. The standard InChI is InChI=1S/C44H62O12/c1-20(16-21(2)17-32(45)26(7)41(50)51)12-10-9-11-13-28-23(4)18-31-29(15-14-22(3)40(31)55-44-39(49)38(48)37(47)27(8)54-44)36-35(28)34-25(6)33(46)19-30(34)24(5)42(52)56-43(36)53/h9-13,18,21-22,25-29,31-33,36-40,44-49H,14-17,19H2,1-8H3,(H,50,51)/b10-9+,13-11+,20-12+,30-24?,35-34?/t21?,22?,25?,26?,27-,28?,29?,31?,32?,33?,36?,37-,38?,39-,40?,44+/m0/s1. The second-order valence-corrected chi connectivity index (χ2v) is 17.2. The predicted octanol–water partition coefficient (Wildman–Crippen LogP) is 4.71. The first kappa shape index (κ1) is 43.9. The summed E-state index contributed by atoms with van der Waals surface area (Å²) in [5.74, 6) is -5.57. The first-order valence-electron chi connectivity index (χ1n) is 20.2. The monoisotopic (exact) mass is 782 g/mol. The lowest BCUT2D eigenvalue weighted by Gasteiger charge is -2.46. The van der Waals surface area contributed by atoms with E-state index in [1.54, 1.807) is 13.8 Å². The first-order chi connectivity index (χ1) is 26.3. The molecule has 0 aromatic heterocycles. The maximum absolute atomic E-state index is 14.4. The Bertz CT molecular complexity index is 1690. The molecular weight excluding hydrogens is 720 g/mol. The van der Waals surface area contributed by atoms with Crippen LogP contribution in [-0.4, -0.2) is 97.6 Å². The van der Waals surface area contributed by atoms with Crippen LogP contribution in [0.25, 0.3) is 0 Å². The Hall–Kier alpha value is -3.23. The SMILES string of the molecule is CC1=CC2C(CCC(C)C2O[C@H]2O[C@@H](C)[C@H](O)C(O)[C@@H]2O)C2C(=O)OC(=O)C(C)=C3CC(O)C(C)C3=C2C1/C=C/C=C/C=C(\C)CC(C)CC(O)C(C)C(=O)O. The predicted molar refractivity (Wildman–Crippen MR) is 207 cm³/mol. The number of rotatable bonds is 11. The average Bonchev–Trinajstić information content (AvgIpc) is 3.36. The van der Waals surface area contributed by atoms with Gasteiger partial charge in [-0.2, -0.15) is 0 Å². The highest BCUT2D eigenvalue weighted by Crippen LogP contribution is 2.54. The van der Waals surface area contributed by atoms with Crippen molar-refractivity contribution in [2.75, 3.05) is 0 Å². The van der Waals surface area contributed by atoms with Crippen LogP contribution in [0, 0.1) is 47.3 Å². The molecule has 6 N–H and O–H groups in total. The molecule has 2 aliphatic heterocycles. The molecule has 12 heteroatoms. The molecule has 0 amide bonds. The zero-order valence-electron chi connectivity index (χ0n) is 33.9. The van der Waals surface area contributed by atoms with Crippen LogP contribution in [0.15, 0.2) is 69.9 Å². The van der Waals surface area contributed by atoms with Crippen molar-refractivity contribution in [2.45, 2.75) is 137 Å². The van der Waals surface area contributed by atoms with E-state index in [-0.39, 0.29) is 36.0 Å². The number of hydrogen-bond acceptors (Lipinski definition) is 11. The largest absolute Gasteiger partial charge is 0.481 e. The van der Waals surface area contributed by atoms with Gasteiger partial charge < -0.3 is 44.8 Å². The van der Waals surface area contributed by atoms with Crippen LogP contribution in [0.5, 0.6) is 0 Å². The Labute approximate surface area is 330 Å². The minimum atomic E-state index is -1.50. The fraction of sp³-hybridized carbons (Fsp3) is 0.659. The Morgan fingerprint density at radius 3 is 2.38 bits per heavy atom. The molecule has 5 aliphatic rings. The second-order valence-electron chi connectivity index (χ2n) is 17.2. The molecule has 0 aromatic rings. The number of ether oxygens (including phenoxy) is 3. The lowest BCUT2D eigenvalue weighted by Crippen LogP contribution is -2.59. The van der Waals surface area contributed by atoms with E-state index in [1.807, 2.05) is 65.0 Å². The van der Waals surface area contributed by atoms with Gasteiger partial charge in [0.1, 0.15) is 18.3 Å². The number of hydrogen-bond donors (Lipinski definition) is 6. The van der Waals surface area contributed by atoms with Crippen LogP contribution in [0.1, 0.15) is 87.5 Å². The molecule has 3 fully saturated rings. The minimum Gasteiger partial charge on any atom is -0.481 e. The molecule has 12 unspecified atom stereocenters. The zero-order valence-corrected chi connectivity index (χ0v) is 33.9. The van der Waals surface area contributed by atoms with Gasteiger partial charge in [0.15, 0.2) is 6.29 Å². The number of allylic oxidation sites excluding steroid dienone is 7. The van der Waals surface area contributed by atoms with Gasteiger partial charge in [-0.05, 0) is 101 Å². The highest BCUT2D eigenvalue weighted by atomic mass is 16.7. The zero-order chi connectivity index (χ0) is 41.3. The maximum atomic E-state index is 14.4. The third-order valence-corrected chi connectivity index (χ3v) is 13.0. The number of fused-ring (bicyclic) bond motifs is 4. The normalized spacial score (nSPS) is 38.6. The summed E-state index contributed by atoms with van der Waals surface area (Å²) in [6.07, 6.45) is 5.93. The van der Waals surface area contributed by atoms with Crippen LogP contribution in [0.2, 0.25) is 0 Å². The minimum absolute atomic E-state index is 0.0424. The number of aliphatic carboxylic acids is 1. The number of carboxylic acids is 1. The Kier molecular flexibility index (Phi) is 14.2. The van der Waals surface area contributed by atoms with Crippen LogP contribution in [-0.2, 0) is 28.6 Å². The molecule has 0 aromatic carbocycles. The Morgan fingerprint density at radius 1 is 1.00 bits per heavy atom. The summed E-state index contributed by atoms with van der Waals surface area (Å²) < 4.78 is 18.0. The molecule has 56 heavy (non-hydrogen) atoms. The number of carboxylic acid groups (broad SMARTS) is 1. The molecule has 0 spiro atoms. The van der Waals surface area contributed by atoms with Crippen molar-refractivity contribution in [1.29, 1.82) is 0 Å². The molecule has 310 valence electrons. The van der Waals surface area contributed by atoms with Crippen molar-refractivity contribution < 1.29 is 59.2 Å². The van der Waals surface area contributed by atoms with Crippen molar-refractivity contribution in [3.05, 3.63) is 69.9 Å². The summed E-state index contributed by atoms with van der Waals surface area (Å²) >= 11 is 0. The maximum Gasteiger partial charge on any atom is 0.341 e. The number of aliphatic hydroxyl groups is 5. The van der Waals surface area contributed by atoms with Gasteiger partial charge in [0, 0.05) is 23.3 Å². The second kappa shape index (κ2) is 18.1. The highest BCUT2D eigenvalue weighted by Gasteiger charge is 2.53. The van der Waals surface area contributed by atoms with E-state index in [2.05, 4.69) is 6.08 Å². The highest BCUT2D eigenvalue weighted by molar-refractivity contribution is 5.99. The third kappa shape index (κ3) is 9.07. The number of carbonyl (C=O) groups is 3. The van der Waals surface area contributed by atoms with Crippen LogP contribution in [0.4, 0.5) is 0 Å². The fourth-order valence-electron chi connectivity index (χ4n) is 9.57. The molecule has 0 radical (unpaired) electrons. The van der Waals surface area contributed by atoms with E-state index in [4.69, 9.17) is 14.2 Å². The molecular formula is C44H62O12. The smallest absolute Gasteiger partial charge is 0.341 e. The van der Waals surface area contributed by atoms with E-state index in [9.17, 15) is 45.0 Å². The van der Waals surface area contributed by atoms with Gasteiger partial charge in [0.25, 0.3) is 0 Å². The summed E-state index contributed by atoms with van der Waals surface area (Å²) in [6.45, 7) is 14.7. The molecule has 0 bridgehead atoms. The van der Waals surface area contributed by atoms with Gasteiger partial charge in [-0.3, -0.25) is 9.59 Å². The third-order valence-electron chi connectivity index (χ3n) is 13.0. The molecule has 2 heterocycles. The van der Waals surface area contributed by atoms with Crippen LogP contribution >= 0.6 is 0 Å². The quantitative estimate of drug-likeness (QED) is 0.0732. The van der Waals surface area contributed by atoms with Crippen molar-refractivity contribution >= 4 is 17.9 Å². The number of cyclic esters (lactones) is 2. The molecule has 5 rings (SSSR count). The lowest BCUT2D eigenvalue weighted by molar-refractivity contribution is -0.314.